The van der Waals surface area contributed by atoms with Crippen molar-refractivity contribution in [3.05, 3.63) is 65.0 Å². The van der Waals surface area contributed by atoms with Crippen LogP contribution < -0.4 is 5.32 Å². The molecule has 2 aromatic carbocycles. The molecule has 27 heavy (non-hydrogen) atoms. The molecule has 2 aromatic rings. The van der Waals surface area contributed by atoms with Gasteiger partial charge in [-0.2, -0.15) is 0 Å². The average molecular weight is 370 g/mol. The van der Waals surface area contributed by atoms with E-state index >= 15 is 0 Å². The van der Waals surface area contributed by atoms with Gasteiger partial charge in [0.2, 0.25) is 5.91 Å². The summed E-state index contributed by atoms with van der Waals surface area (Å²) in [5.74, 6) is -2.88. The Hall–Kier alpha value is -3.22. The third-order valence-electron chi connectivity index (χ3n) is 4.60. The summed E-state index contributed by atoms with van der Waals surface area (Å²) in [4.78, 5) is 37.1. The summed E-state index contributed by atoms with van der Waals surface area (Å²) in [6, 6.07) is 10.3. The number of carboxylic acid groups (broad SMARTS) is 1. The summed E-state index contributed by atoms with van der Waals surface area (Å²) in [6.45, 7) is 1.43. The summed E-state index contributed by atoms with van der Waals surface area (Å²) in [5, 5.41) is 12.0. The molecule has 6 nitrogen and oxygen atoms in total. The SMILES string of the molecule is CC(C(=O)O)N(Cc1ccccc1)C(=O)c1cc2c(cc1F)NC(=O)CC2. The van der Waals surface area contributed by atoms with E-state index in [1.807, 2.05) is 6.07 Å². The molecule has 0 bridgehead atoms. The van der Waals surface area contributed by atoms with Crippen molar-refractivity contribution in [2.45, 2.75) is 32.4 Å². The number of aliphatic carboxylic acids is 1. The van der Waals surface area contributed by atoms with Gasteiger partial charge in [-0.15, -0.1) is 0 Å². The van der Waals surface area contributed by atoms with Crippen molar-refractivity contribution in [2.75, 3.05) is 5.32 Å². The van der Waals surface area contributed by atoms with E-state index in [-0.39, 0.29) is 24.4 Å². The molecule has 0 aliphatic carbocycles. The molecule has 3 rings (SSSR count). The van der Waals surface area contributed by atoms with E-state index in [2.05, 4.69) is 5.32 Å². The Morgan fingerprint density at radius 2 is 1.93 bits per heavy atom. The van der Waals surface area contributed by atoms with Gasteiger partial charge < -0.3 is 15.3 Å². The molecule has 0 radical (unpaired) electrons. The van der Waals surface area contributed by atoms with Crippen LogP contribution in [0.5, 0.6) is 0 Å². The van der Waals surface area contributed by atoms with Crippen molar-refractivity contribution in [3.8, 4) is 0 Å². The van der Waals surface area contributed by atoms with Crippen LogP contribution in [0.15, 0.2) is 42.5 Å². The van der Waals surface area contributed by atoms with Crippen LogP contribution in [0.1, 0.15) is 34.8 Å². The van der Waals surface area contributed by atoms with Crippen LogP contribution in [0.25, 0.3) is 0 Å². The molecule has 1 atom stereocenters. The first kappa shape index (κ1) is 18.6. The number of fused-ring (bicyclic) bond motifs is 1. The van der Waals surface area contributed by atoms with Gasteiger partial charge in [0.25, 0.3) is 5.91 Å². The number of rotatable bonds is 5. The largest absolute Gasteiger partial charge is 0.480 e. The summed E-state index contributed by atoms with van der Waals surface area (Å²) >= 11 is 0. The topological polar surface area (TPSA) is 86.7 Å². The quantitative estimate of drug-likeness (QED) is 0.847. The Bertz CT molecular complexity index is 898. The maximum atomic E-state index is 14.6. The minimum Gasteiger partial charge on any atom is -0.480 e. The highest BCUT2D eigenvalue weighted by Crippen LogP contribution is 2.27. The van der Waals surface area contributed by atoms with Gasteiger partial charge in [-0.25, -0.2) is 9.18 Å². The van der Waals surface area contributed by atoms with Gasteiger partial charge in [0.15, 0.2) is 0 Å². The van der Waals surface area contributed by atoms with Crippen LogP contribution in [-0.4, -0.2) is 33.8 Å². The highest BCUT2D eigenvalue weighted by atomic mass is 19.1. The lowest BCUT2D eigenvalue weighted by Gasteiger charge is -2.27. The Kier molecular flexibility index (Phi) is 5.21. The first-order valence-electron chi connectivity index (χ1n) is 8.57. The van der Waals surface area contributed by atoms with Crippen LogP contribution >= 0.6 is 0 Å². The number of amides is 2. The third-order valence-corrected chi connectivity index (χ3v) is 4.60. The fourth-order valence-electron chi connectivity index (χ4n) is 3.02. The van der Waals surface area contributed by atoms with E-state index in [0.717, 1.165) is 16.5 Å². The van der Waals surface area contributed by atoms with E-state index in [0.29, 0.717) is 17.7 Å². The Labute approximate surface area is 155 Å². The molecule has 140 valence electrons. The number of halogens is 1. The molecule has 0 fully saturated rings. The van der Waals surface area contributed by atoms with Crippen molar-refractivity contribution in [1.82, 2.24) is 4.90 Å². The van der Waals surface area contributed by atoms with Gasteiger partial charge in [-0.05, 0) is 36.6 Å². The predicted molar refractivity (Wildman–Crippen MR) is 96.8 cm³/mol. The number of nitrogens with one attached hydrogen (secondary N) is 1. The minimum absolute atomic E-state index is 0.0421. The minimum atomic E-state index is -1.18. The van der Waals surface area contributed by atoms with Crippen molar-refractivity contribution < 1.29 is 23.9 Å². The number of carboxylic acids is 1. The third kappa shape index (κ3) is 3.97. The van der Waals surface area contributed by atoms with Gasteiger partial charge in [-0.1, -0.05) is 30.3 Å². The number of anilines is 1. The van der Waals surface area contributed by atoms with Crippen molar-refractivity contribution in [2.24, 2.45) is 0 Å². The number of hydrogen-bond acceptors (Lipinski definition) is 3. The van der Waals surface area contributed by atoms with Crippen molar-refractivity contribution >= 4 is 23.5 Å². The van der Waals surface area contributed by atoms with Gasteiger partial charge in [0.05, 0.1) is 5.56 Å². The lowest BCUT2D eigenvalue weighted by Crippen LogP contribution is -2.43. The molecule has 1 aliphatic heterocycles. The smallest absolute Gasteiger partial charge is 0.326 e. The first-order valence-corrected chi connectivity index (χ1v) is 8.57. The maximum Gasteiger partial charge on any atom is 0.326 e. The summed E-state index contributed by atoms with van der Waals surface area (Å²) < 4.78 is 14.6. The van der Waals surface area contributed by atoms with E-state index in [1.54, 1.807) is 24.3 Å². The fourth-order valence-corrected chi connectivity index (χ4v) is 3.02. The van der Waals surface area contributed by atoms with Gasteiger partial charge in [-0.3, -0.25) is 9.59 Å². The zero-order valence-electron chi connectivity index (χ0n) is 14.7. The predicted octanol–water partition coefficient (Wildman–Crippen LogP) is 2.83. The molecule has 7 heteroatoms. The molecule has 0 aromatic heterocycles. The Balaban J connectivity index is 1.96. The van der Waals surface area contributed by atoms with Crippen molar-refractivity contribution in [3.63, 3.8) is 0 Å². The second-order valence-corrected chi connectivity index (χ2v) is 6.47. The van der Waals surface area contributed by atoms with Crippen LogP contribution in [0.3, 0.4) is 0 Å². The number of nitrogens with zero attached hydrogens (tertiary/aromatic N) is 1. The summed E-state index contributed by atoms with van der Waals surface area (Å²) in [5.41, 5.74) is 1.54. The Morgan fingerprint density at radius 3 is 2.59 bits per heavy atom. The van der Waals surface area contributed by atoms with Crippen LogP contribution in [0.2, 0.25) is 0 Å². The lowest BCUT2D eigenvalue weighted by atomic mass is 9.99. The van der Waals surface area contributed by atoms with E-state index < -0.39 is 23.7 Å². The van der Waals surface area contributed by atoms with E-state index in [4.69, 9.17) is 0 Å². The van der Waals surface area contributed by atoms with Gasteiger partial charge in [0.1, 0.15) is 11.9 Å². The average Bonchev–Trinajstić information content (AvgIpc) is 2.65. The zero-order chi connectivity index (χ0) is 19.6. The molecule has 1 unspecified atom stereocenters. The van der Waals surface area contributed by atoms with Gasteiger partial charge in [0, 0.05) is 18.7 Å². The van der Waals surface area contributed by atoms with Gasteiger partial charge >= 0.3 is 5.97 Å². The van der Waals surface area contributed by atoms with Crippen molar-refractivity contribution in [1.29, 1.82) is 0 Å². The number of benzene rings is 2. The normalized spacial score (nSPS) is 14.1. The molecule has 1 aliphatic rings. The highest BCUT2D eigenvalue weighted by Gasteiger charge is 2.29. The van der Waals surface area contributed by atoms with E-state index in [9.17, 15) is 23.9 Å². The molecule has 2 N–H and O–H groups in total. The number of hydrogen-bond donors (Lipinski definition) is 2. The first-order chi connectivity index (χ1) is 12.9. The maximum absolute atomic E-state index is 14.6. The molecular weight excluding hydrogens is 351 g/mol. The van der Waals surface area contributed by atoms with E-state index in [1.165, 1.54) is 13.0 Å². The number of aryl methyl sites for hydroxylation is 1. The highest BCUT2D eigenvalue weighted by molar-refractivity contribution is 5.99. The molecule has 0 saturated heterocycles. The standard InChI is InChI=1S/C20H19FN2O4/c1-12(20(26)27)23(11-13-5-3-2-4-6-13)19(25)15-9-14-7-8-18(24)22-17(14)10-16(15)21/h2-6,9-10,12H,7-8,11H2,1H3,(H,22,24)(H,26,27). The van der Waals surface area contributed by atoms with Crippen LogP contribution in [0, 0.1) is 5.82 Å². The summed E-state index contributed by atoms with van der Waals surface area (Å²) in [7, 11) is 0. The second kappa shape index (κ2) is 7.57. The number of carbonyl (C=O) groups is 3. The van der Waals surface area contributed by atoms with Crippen LogP contribution in [-0.2, 0) is 22.6 Å². The lowest BCUT2D eigenvalue weighted by molar-refractivity contribution is -0.141. The number of carbonyl (C=O) groups excluding carboxylic acids is 2. The Morgan fingerprint density at radius 1 is 1.22 bits per heavy atom. The molecule has 1 heterocycles. The monoisotopic (exact) mass is 370 g/mol. The second-order valence-electron chi connectivity index (χ2n) is 6.47. The zero-order valence-corrected chi connectivity index (χ0v) is 14.7. The molecule has 2 amide bonds. The summed E-state index contributed by atoms with van der Waals surface area (Å²) in [6.07, 6.45) is 0.653. The molecular formula is C20H19FN2O4. The fraction of sp³-hybridized carbons (Fsp3) is 0.250. The molecule has 0 saturated carbocycles. The molecule has 0 spiro atoms. The van der Waals surface area contributed by atoms with Crippen LogP contribution in [0.4, 0.5) is 10.1 Å².